The van der Waals surface area contributed by atoms with Crippen LogP contribution < -0.4 is 5.73 Å². The molecule has 0 bridgehead atoms. The number of carboxylic acids is 1. The lowest BCUT2D eigenvalue weighted by Gasteiger charge is -2.09. The van der Waals surface area contributed by atoms with Crippen LogP contribution in [0.1, 0.15) is 13.0 Å². The van der Waals surface area contributed by atoms with E-state index >= 15 is 0 Å². The van der Waals surface area contributed by atoms with Gasteiger partial charge in [0, 0.05) is 16.7 Å². The summed E-state index contributed by atoms with van der Waals surface area (Å²) in [7, 11) is 0. The van der Waals surface area contributed by atoms with Crippen LogP contribution in [-0.2, 0) is 4.79 Å². The van der Waals surface area contributed by atoms with Crippen molar-refractivity contribution in [1.29, 1.82) is 5.26 Å². The molecule has 0 amide bonds. The SMILES string of the molecule is C.N#Cc1c(-c2ccoc2)cc(-c2ccccc2F)nc1N.O=C(O)C(F)(F)F. The summed E-state index contributed by atoms with van der Waals surface area (Å²) >= 11 is 0. The van der Waals surface area contributed by atoms with Crippen LogP contribution >= 0.6 is 0 Å². The average Bonchev–Trinajstić information content (AvgIpc) is 3.15. The number of anilines is 1. The molecule has 0 radical (unpaired) electrons. The van der Waals surface area contributed by atoms with Gasteiger partial charge in [-0.25, -0.2) is 14.2 Å². The highest BCUT2D eigenvalue weighted by atomic mass is 19.4. The van der Waals surface area contributed by atoms with E-state index in [-0.39, 0.29) is 18.8 Å². The molecule has 0 saturated carbocycles. The van der Waals surface area contributed by atoms with Crippen LogP contribution in [0.3, 0.4) is 0 Å². The van der Waals surface area contributed by atoms with Gasteiger partial charge >= 0.3 is 12.1 Å². The first kappa shape index (κ1) is 23.2. The number of aliphatic carboxylic acids is 1. The van der Waals surface area contributed by atoms with Crippen molar-refractivity contribution >= 4 is 11.8 Å². The third-order valence-corrected chi connectivity index (χ3v) is 3.38. The zero-order valence-corrected chi connectivity index (χ0v) is 13.9. The Morgan fingerprint density at radius 2 is 1.83 bits per heavy atom. The van der Waals surface area contributed by atoms with Crippen molar-refractivity contribution < 1.29 is 31.9 Å². The number of furan rings is 1. The van der Waals surface area contributed by atoms with E-state index in [0.29, 0.717) is 22.4 Å². The second kappa shape index (κ2) is 9.36. The maximum absolute atomic E-state index is 13.9. The minimum absolute atomic E-state index is 0. The molecular formula is C19H15F4N3O3. The van der Waals surface area contributed by atoms with Crippen molar-refractivity contribution in [2.75, 3.05) is 5.73 Å². The minimum Gasteiger partial charge on any atom is -0.475 e. The molecule has 0 spiro atoms. The summed E-state index contributed by atoms with van der Waals surface area (Å²) in [4.78, 5) is 13.0. The number of carboxylic acid groups (broad SMARTS) is 1. The van der Waals surface area contributed by atoms with E-state index in [0.717, 1.165) is 0 Å². The first-order valence-electron chi connectivity index (χ1n) is 7.43. The molecule has 29 heavy (non-hydrogen) atoms. The van der Waals surface area contributed by atoms with Crippen molar-refractivity contribution in [3.8, 4) is 28.5 Å². The predicted molar refractivity (Wildman–Crippen MR) is 96.9 cm³/mol. The van der Waals surface area contributed by atoms with Gasteiger partial charge in [0.1, 0.15) is 23.3 Å². The van der Waals surface area contributed by atoms with E-state index in [1.165, 1.54) is 18.6 Å². The van der Waals surface area contributed by atoms with Gasteiger partial charge in [-0.3, -0.25) is 0 Å². The van der Waals surface area contributed by atoms with Crippen LogP contribution in [0, 0.1) is 17.1 Å². The lowest BCUT2D eigenvalue weighted by molar-refractivity contribution is -0.192. The molecular weight excluding hydrogens is 394 g/mol. The standard InChI is InChI=1S/C16H10FN3O.C2HF3O2.CH4/c17-14-4-2-1-3-11(14)15-7-12(10-5-6-21-9-10)13(8-18)16(19)20-15;3-2(4,5)1(6)7;/h1-7,9H,(H2,19,20);(H,6,7);1H4. The molecule has 1 aromatic carbocycles. The van der Waals surface area contributed by atoms with Crippen LogP contribution in [-0.4, -0.2) is 22.2 Å². The van der Waals surface area contributed by atoms with Crippen molar-refractivity contribution in [2.24, 2.45) is 0 Å². The van der Waals surface area contributed by atoms with Crippen LogP contribution in [0.2, 0.25) is 0 Å². The number of hydrogen-bond acceptors (Lipinski definition) is 5. The molecule has 10 heteroatoms. The Hall–Kier alpha value is -3.87. The number of aromatic nitrogens is 1. The Balaban J connectivity index is 0.000000456. The Morgan fingerprint density at radius 3 is 2.31 bits per heavy atom. The maximum atomic E-state index is 13.9. The highest BCUT2D eigenvalue weighted by molar-refractivity contribution is 5.79. The fraction of sp³-hybridized carbons (Fsp3) is 0.105. The number of nitrogens with two attached hydrogens (primary N) is 1. The molecule has 2 aromatic heterocycles. The lowest BCUT2D eigenvalue weighted by atomic mass is 10.0. The number of nitrogen functional groups attached to an aromatic ring is 1. The molecule has 0 fully saturated rings. The second-order valence-electron chi connectivity index (χ2n) is 5.22. The van der Waals surface area contributed by atoms with Gasteiger partial charge in [0.25, 0.3) is 0 Å². The average molecular weight is 409 g/mol. The zero-order valence-electron chi connectivity index (χ0n) is 13.9. The second-order valence-corrected chi connectivity index (χ2v) is 5.22. The molecule has 0 aliphatic rings. The summed E-state index contributed by atoms with van der Waals surface area (Å²) in [6.07, 6.45) is -2.09. The molecule has 6 nitrogen and oxygen atoms in total. The maximum Gasteiger partial charge on any atom is 0.490 e. The van der Waals surface area contributed by atoms with Gasteiger partial charge < -0.3 is 15.3 Å². The number of hydrogen-bond donors (Lipinski definition) is 2. The molecule has 0 aliphatic carbocycles. The molecule has 0 aliphatic heterocycles. The van der Waals surface area contributed by atoms with Gasteiger partial charge in [-0.1, -0.05) is 19.6 Å². The largest absolute Gasteiger partial charge is 0.490 e. The highest BCUT2D eigenvalue weighted by Gasteiger charge is 2.38. The lowest BCUT2D eigenvalue weighted by Crippen LogP contribution is -2.21. The number of nitrogens with zero attached hydrogens (tertiary/aromatic N) is 2. The molecule has 3 aromatic rings. The predicted octanol–water partition coefficient (Wildman–Crippen LogP) is 4.87. The van der Waals surface area contributed by atoms with Gasteiger partial charge in [0.05, 0.1) is 18.2 Å². The fourth-order valence-corrected chi connectivity index (χ4v) is 2.13. The van der Waals surface area contributed by atoms with Crippen LogP contribution in [0.4, 0.5) is 23.4 Å². The molecule has 0 atom stereocenters. The van der Waals surface area contributed by atoms with E-state index in [9.17, 15) is 22.8 Å². The van der Waals surface area contributed by atoms with Crippen LogP contribution in [0.5, 0.6) is 0 Å². The summed E-state index contributed by atoms with van der Waals surface area (Å²) < 4.78 is 50.7. The topological polar surface area (TPSA) is 113 Å². The van der Waals surface area contributed by atoms with Crippen molar-refractivity contribution in [2.45, 2.75) is 13.6 Å². The quantitative estimate of drug-likeness (QED) is 0.584. The molecule has 0 unspecified atom stereocenters. The smallest absolute Gasteiger partial charge is 0.475 e. The third-order valence-electron chi connectivity index (χ3n) is 3.38. The molecule has 0 saturated heterocycles. The fourth-order valence-electron chi connectivity index (χ4n) is 2.13. The number of carbonyl (C=O) groups is 1. The van der Waals surface area contributed by atoms with Crippen molar-refractivity contribution in [3.05, 3.63) is 60.3 Å². The summed E-state index contributed by atoms with van der Waals surface area (Å²) in [5, 5.41) is 16.4. The number of nitriles is 1. The Labute approximate surface area is 162 Å². The van der Waals surface area contributed by atoms with Gasteiger partial charge in [0.2, 0.25) is 0 Å². The van der Waals surface area contributed by atoms with E-state index in [4.69, 9.17) is 20.1 Å². The number of pyridine rings is 1. The van der Waals surface area contributed by atoms with Gasteiger partial charge in [0.15, 0.2) is 0 Å². The number of rotatable bonds is 2. The van der Waals surface area contributed by atoms with Gasteiger partial charge in [-0.05, 0) is 24.3 Å². The van der Waals surface area contributed by atoms with E-state index in [2.05, 4.69) is 4.98 Å². The summed E-state index contributed by atoms with van der Waals surface area (Å²) in [6.45, 7) is 0. The molecule has 152 valence electrons. The third kappa shape index (κ3) is 5.55. The Bertz CT molecular complexity index is 1030. The van der Waals surface area contributed by atoms with Crippen LogP contribution in [0.25, 0.3) is 22.4 Å². The van der Waals surface area contributed by atoms with E-state index in [1.807, 2.05) is 6.07 Å². The van der Waals surface area contributed by atoms with Crippen molar-refractivity contribution in [1.82, 2.24) is 4.98 Å². The van der Waals surface area contributed by atoms with E-state index < -0.39 is 18.0 Å². The van der Waals surface area contributed by atoms with Gasteiger partial charge in [-0.15, -0.1) is 0 Å². The Morgan fingerprint density at radius 1 is 1.21 bits per heavy atom. The summed E-state index contributed by atoms with van der Waals surface area (Å²) in [5.74, 6) is -3.09. The van der Waals surface area contributed by atoms with Crippen molar-refractivity contribution in [3.63, 3.8) is 0 Å². The number of alkyl halides is 3. The normalized spacial score (nSPS) is 10.2. The first-order valence-corrected chi connectivity index (χ1v) is 7.43. The number of halogens is 4. The zero-order chi connectivity index (χ0) is 20.9. The minimum atomic E-state index is -5.08. The molecule has 3 rings (SSSR count). The monoisotopic (exact) mass is 409 g/mol. The summed E-state index contributed by atoms with van der Waals surface area (Å²) in [5.41, 5.74) is 8.05. The molecule has 3 N–H and O–H groups in total. The first-order chi connectivity index (χ1) is 13.1. The van der Waals surface area contributed by atoms with Crippen LogP contribution in [0.15, 0.2) is 53.3 Å². The van der Waals surface area contributed by atoms with Gasteiger partial charge in [-0.2, -0.15) is 18.4 Å². The summed E-state index contributed by atoms with van der Waals surface area (Å²) in [6, 6.07) is 11.6. The number of benzene rings is 1. The molecule has 2 heterocycles. The van der Waals surface area contributed by atoms with E-state index in [1.54, 1.807) is 30.3 Å². The highest BCUT2D eigenvalue weighted by Crippen LogP contribution is 2.32. The Kier molecular flexibility index (Phi) is 7.48.